The van der Waals surface area contributed by atoms with Gasteiger partial charge in [-0.1, -0.05) is 6.92 Å². The summed E-state index contributed by atoms with van der Waals surface area (Å²) in [7, 11) is 0. The first kappa shape index (κ1) is 15.2. The molecule has 2 unspecified atom stereocenters. The highest BCUT2D eigenvalue weighted by Gasteiger charge is 2.35. The van der Waals surface area contributed by atoms with Gasteiger partial charge >= 0.3 is 5.97 Å². The zero-order valence-corrected chi connectivity index (χ0v) is 12.2. The summed E-state index contributed by atoms with van der Waals surface area (Å²) in [5.74, 6) is -0.571. The number of anilines is 1. The second-order valence-corrected chi connectivity index (χ2v) is 5.23. The van der Waals surface area contributed by atoms with E-state index >= 15 is 0 Å². The summed E-state index contributed by atoms with van der Waals surface area (Å²) in [5.41, 5.74) is 0.234. The maximum Gasteiger partial charge on any atom is 0.326 e. The van der Waals surface area contributed by atoms with Gasteiger partial charge in [0.15, 0.2) is 11.5 Å². The number of piperidine rings is 1. The number of carboxylic acid groups (broad SMARTS) is 1. The highest BCUT2D eigenvalue weighted by atomic mass is 16.4. The summed E-state index contributed by atoms with van der Waals surface area (Å²) in [4.78, 5) is 24.8. The van der Waals surface area contributed by atoms with Crippen molar-refractivity contribution < 1.29 is 14.7 Å². The Morgan fingerprint density at radius 2 is 2.19 bits per heavy atom. The SMILES string of the molecule is CCNC(=O)c1ccc(N2CCCC(C)C2C(=O)O)nn1. The Bertz CT molecular complexity index is 517. The van der Waals surface area contributed by atoms with E-state index in [4.69, 9.17) is 0 Å². The van der Waals surface area contributed by atoms with Gasteiger partial charge in [0.1, 0.15) is 6.04 Å². The van der Waals surface area contributed by atoms with Gasteiger partial charge in [-0.05, 0) is 37.8 Å². The molecule has 1 amide bonds. The number of rotatable bonds is 4. The lowest BCUT2D eigenvalue weighted by molar-refractivity contribution is -0.140. The van der Waals surface area contributed by atoms with Gasteiger partial charge in [0, 0.05) is 13.1 Å². The average molecular weight is 292 g/mol. The normalized spacial score (nSPS) is 21.9. The Balaban J connectivity index is 2.20. The van der Waals surface area contributed by atoms with Crippen molar-refractivity contribution in [2.24, 2.45) is 5.92 Å². The monoisotopic (exact) mass is 292 g/mol. The minimum atomic E-state index is -0.850. The molecule has 0 saturated carbocycles. The van der Waals surface area contributed by atoms with E-state index in [-0.39, 0.29) is 17.5 Å². The van der Waals surface area contributed by atoms with Crippen molar-refractivity contribution in [3.8, 4) is 0 Å². The van der Waals surface area contributed by atoms with E-state index in [2.05, 4.69) is 15.5 Å². The fraction of sp³-hybridized carbons (Fsp3) is 0.571. The lowest BCUT2D eigenvalue weighted by Gasteiger charge is -2.37. The molecular weight excluding hydrogens is 272 g/mol. The molecular formula is C14H20N4O3. The predicted molar refractivity (Wildman–Crippen MR) is 77.2 cm³/mol. The first-order valence-electron chi connectivity index (χ1n) is 7.16. The first-order valence-corrected chi connectivity index (χ1v) is 7.16. The molecule has 1 aromatic rings. The van der Waals surface area contributed by atoms with E-state index in [1.165, 1.54) is 0 Å². The van der Waals surface area contributed by atoms with E-state index in [0.29, 0.717) is 18.9 Å². The highest BCUT2D eigenvalue weighted by molar-refractivity contribution is 5.92. The van der Waals surface area contributed by atoms with Crippen molar-refractivity contribution in [1.29, 1.82) is 0 Å². The average Bonchev–Trinajstić information content (AvgIpc) is 2.47. The highest BCUT2D eigenvalue weighted by Crippen LogP contribution is 2.27. The van der Waals surface area contributed by atoms with Crippen LogP contribution in [-0.4, -0.2) is 46.3 Å². The van der Waals surface area contributed by atoms with Crippen LogP contribution in [0.25, 0.3) is 0 Å². The van der Waals surface area contributed by atoms with Crippen molar-refractivity contribution >= 4 is 17.7 Å². The molecule has 0 radical (unpaired) electrons. The Kier molecular flexibility index (Phi) is 4.72. The van der Waals surface area contributed by atoms with Crippen LogP contribution in [0.4, 0.5) is 5.82 Å². The van der Waals surface area contributed by atoms with Gasteiger partial charge in [0.25, 0.3) is 5.91 Å². The molecule has 0 aliphatic carbocycles. The zero-order valence-electron chi connectivity index (χ0n) is 12.2. The summed E-state index contributed by atoms with van der Waals surface area (Å²) in [6.07, 6.45) is 1.81. The Morgan fingerprint density at radius 3 is 2.76 bits per heavy atom. The van der Waals surface area contributed by atoms with E-state index in [1.54, 1.807) is 17.0 Å². The molecule has 1 aromatic heterocycles. The molecule has 21 heavy (non-hydrogen) atoms. The van der Waals surface area contributed by atoms with Crippen LogP contribution in [0.15, 0.2) is 12.1 Å². The number of aromatic nitrogens is 2. The van der Waals surface area contributed by atoms with E-state index < -0.39 is 12.0 Å². The second kappa shape index (κ2) is 6.51. The molecule has 1 fully saturated rings. The summed E-state index contributed by atoms with van der Waals surface area (Å²) in [6.45, 7) is 4.91. The number of carboxylic acids is 1. The van der Waals surface area contributed by atoms with Crippen molar-refractivity contribution in [1.82, 2.24) is 15.5 Å². The van der Waals surface area contributed by atoms with Crippen molar-refractivity contribution in [2.75, 3.05) is 18.0 Å². The largest absolute Gasteiger partial charge is 0.480 e. The molecule has 0 bridgehead atoms. The third-order valence-electron chi connectivity index (χ3n) is 3.70. The fourth-order valence-electron chi connectivity index (χ4n) is 2.67. The molecule has 0 spiro atoms. The van der Waals surface area contributed by atoms with Crippen LogP contribution in [0, 0.1) is 5.92 Å². The Labute approximate surface area is 123 Å². The molecule has 7 nitrogen and oxygen atoms in total. The number of carbonyl (C=O) groups excluding carboxylic acids is 1. The van der Waals surface area contributed by atoms with Crippen LogP contribution in [0.5, 0.6) is 0 Å². The van der Waals surface area contributed by atoms with Gasteiger partial charge in [-0.3, -0.25) is 4.79 Å². The maximum atomic E-state index is 11.6. The number of nitrogens with zero attached hydrogens (tertiary/aromatic N) is 3. The van der Waals surface area contributed by atoms with Gasteiger partial charge in [-0.25, -0.2) is 4.79 Å². The minimum absolute atomic E-state index is 0.0566. The minimum Gasteiger partial charge on any atom is -0.480 e. The maximum absolute atomic E-state index is 11.6. The van der Waals surface area contributed by atoms with Crippen LogP contribution >= 0.6 is 0 Å². The Hall–Kier alpha value is -2.18. The summed E-state index contributed by atoms with van der Waals surface area (Å²) >= 11 is 0. The molecule has 114 valence electrons. The molecule has 2 N–H and O–H groups in total. The summed E-state index contributed by atoms with van der Waals surface area (Å²) < 4.78 is 0. The van der Waals surface area contributed by atoms with Crippen molar-refractivity contribution in [3.05, 3.63) is 17.8 Å². The smallest absolute Gasteiger partial charge is 0.326 e. The van der Waals surface area contributed by atoms with Crippen LogP contribution < -0.4 is 10.2 Å². The summed E-state index contributed by atoms with van der Waals surface area (Å²) in [5, 5.41) is 20.0. The number of hydrogen-bond donors (Lipinski definition) is 2. The second-order valence-electron chi connectivity index (χ2n) is 5.23. The van der Waals surface area contributed by atoms with Crippen LogP contribution in [0.1, 0.15) is 37.2 Å². The number of amides is 1. The van der Waals surface area contributed by atoms with Crippen LogP contribution in [0.3, 0.4) is 0 Å². The van der Waals surface area contributed by atoms with Crippen molar-refractivity contribution in [3.63, 3.8) is 0 Å². The molecule has 1 aliphatic heterocycles. The third kappa shape index (κ3) is 3.29. The molecule has 2 atom stereocenters. The number of hydrogen-bond acceptors (Lipinski definition) is 5. The number of carbonyl (C=O) groups is 2. The molecule has 2 heterocycles. The standard InChI is InChI=1S/C14H20N4O3/c1-3-15-13(19)10-6-7-11(17-16-10)18-8-4-5-9(2)12(18)14(20)21/h6-7,9,12H,3-5,8H2,1-2H3,(H,15,19)(H,20,21). The molecule has 2 rings (SSSR count). The fourth-order valence-corrected chi connectivity index (χ4v) is 2.67. The van der Waals surface area contributed by atoms with E-state index in [9.17, 15) is 14.7 Å². The lowest BCUT2D eigenvalue weighted by atomic mass is 9.91. The van der Waals surface area contributed by atoms with E-state index in [0.717, 1.165) is 12.8 Å². The van der Waals surface area contributed by atoms with Crippen LogP contribution in [0.2, 0.25) is 0 Å². The van der Waals surface area contributed by atoms with Crippen LogP contribution in [-0.2, 0) is 4.79 Å². The Morgan fingerprint density at radius 1 is 1.43 bits per heavy atom. The molecule has 0 aromatic carbocycles. The number of aliphatic carboxylic acids is 1. The topological polar surface area (TPSA) is 95.4 Å². The lowest BCUT2D eigenvalue weighted by Crippen LogP contribution is -2.49. The first-order chi connectivity index (χ1) is 10.0. The molecule has 7 heteroatoms. The third-order valence-corrected chi connectivity index (χ3v) is 3.70. The predicted octanol–water partition coefficient (Wildman–Crippen LogP) is 0.916. The van der Waals surface area contributed by atoms with Gasteiger partial charge in [-0.2, -0.15) is 0 Å². The molecule has 1 saturated heterocycles. The zero-order chi connectivity index (χ0) is 15.4. The molecule has 1 aliphatic rings. The number of nitrogens with one attached hydrogen (secondary N) is 1. The van der Waals surface area contributed by atoms with Crippen molar-refractivity contribution in [2.45, 2.75) is 32.7 Å². The van der Waals surface area contributed by atoms with Gasteiger partial charge < -0.3 is 15.3 Å². The van der Waals surface area contributed by atoms with Gasteiger partial charge in [0.05, 0.1) is 0 Å². The van der Waals surface area contributed by atoms with Gasteiger partial charge in [0.2, 0.25) is 0 Å². The quantitative estimate of drug-likeness (QED) is 0.856. The van der Waals surface area contributed by atoms with Gasteiger partial charge in [-0.15, -0.1) is 10.2 Å². The summed E-state index contributed by atoms with van der Waals surface area (Å²) in [6, 6.07) is 2.64. The van der Waals surface area contributed by atoms with E-state index in [1.807, 2.05) is 13.8 Å².